The average Bonchev–Trinajstić information content (AvgIpc) is 2.10. The van der Waals surface area contributed by atoms with Gasteiger partial charge in [-0.15, -0.1) is 0 Å². The van der Waals surface area contributed by atoms with E-state index < -0.39 is 5.41 Å². The van der Waals surface area contributed by atoms with E-state index >= 15 is 0 Å². The van der Waals surface area contributed by atoms with E-state index in [1.165, 1.54) is 4.90 Å². The summed E-state index contributed by atoms with van der Waals surface area (Å²) >= 11 is 0. The molecule has 1 rings (SSSR count). The lowest BCUT2D eigenvalue weighted by Crippen LogP contribution is -2.31. The molecule has 1 aliphatic heterocycles. The Morgan fingerprint density at radius 2 is 2.50 bits per heavy atom. The molecule has 2 nitrogen and oxygen atoms in total. The number of alkyl halides is 1. The van der Waals surface area contributed by atoms with Crippen LogP contribution < -0.4 is 0 Å². The summed E-state index contributed by atoms with van der Waals surface area (Å²) < 4.78 is 13.0. The second-order valence-electron chi connectivity index (χ2n) is 2.50. The molecule has 0 aromatic heterocycles. The molecular formula is C6H11FNOP. The molecule has 1 amide bonds. The first-order valence-corrected chi connectivity index (χ1v) is 3.93. The Morgan fingerprint density at radius 1 is 1.90 bits per heavy atom. The third-order valence-electron chi connectivity index (χ3n) is 1.77. The van der Waals surface area contributed by atoms with Crippen LogP contribution in [-0.4, -0.2) is 29.3 Å². The zero-order chi connectivity index (χ0) is 7.78. The molecule has 0 N–H and O–H groups in total. The summed E-state index contributed by atoms with van der Waals surface area (Å²) in [7, 11) is 1.97. The monoisotopic (exact) mass is 163 g/mol. The molecule has 0 radical (unpaired) electrons. The quantitative estimate of drug-likeness (QED) is 0.523. The predicted molar refractivity (Wildman–Crippen MR) is 40.4 cm³/mol. The maximum absolute atomic E-state index is 13.0. The first-order valence-electron chi connectivity index (χ1n) is 3.35. The Balaban J connectivity index is 2.67. The number of carbonyl (C=O) groups is 1. The summed E-state index contributed by atoms with van der Waals surface area (Å²) in [5.41, 5.74) is 0. The highest BCUT2D eigenvalue weighted by Gasteiger charge is 2.42. The van der Waals surface area contributed by atoms with E-state index in [2.05, 4.69) is 0 Å². The smallest absolute Gasteiger partial charge is 0.264 e. The van der Waals surface area contributed by atoms with Crippen molar-refractivity contribution in [3.05, 3.63) is 0 Å². The SMILES string of the molecule is CCN1CCC(F)(P)C1=O. The number of hydrogen-bond donors (Lipinski definition) is 0. The number of hydrogen-bond acceptors (Lipinski definition) is 1. The van der Waals surface area contributed by atoms with Gasteiger partial charge in [-0.1, -0.05) is 9.24 Å². The van der Waals surface area contributed by atoms with Crippen LogP contribution in [-0.2, 0) is 4.79 Å². The van der Waals surface area contributed by atoms with Gasteiger partial charge in [0, 0.05) is 19.5 Å². The predicted octanol–water partition coefficient (Wildman–Crippen LogP) is 0.779. The van der Waals surface area contributed by atoms with Gasteiger partial charge >= 0.3 is 0 Å². The number of rotatable bonds is 1. The van der Waals surface area contributed by atoms with E-state index in [9.17, 15) is 9.18 Å². The molecule has 0 bridgehead atoms. The average molecular weight is 163 g/mol. The summed E-state index contributed by atoms with van der Waals surface area (Å²) in [5.74, 6) is -0.389. The van der Waals surface area contributed by atoms with Crippen molar-refractivity contribution in [3.8, 4) is 0 Å². The maximum Gasteiger partial charge on any atom is 0.264 e. The topological polar surface area (TPSA) is 20.3 Å². The molecule has 0 saturated carbocycles. The van der Waals surface area contributed by atoms with Gasteiger partial charge < -0.3 is 4.90 Å². The van der Waals surface area contributed by atoms with Gasteiger partial charge in [0.05, 0.1) is 0 Å². The van der Waals surface area contributed by atoms with Crippen molar-refractivity contribution in [1.82, 2.24) is 4.90 Å². The first-order chi connectivity index (χ1) is 4.58. The molecule has 1 aliphatic rings. The van der Waals surface area contributed by atoms with Crippen LogP contribution in [0.4, 0.5) is 4.39 Å². The van der Waals surface area contributed by atoms with Crippen molar-refractivity contribution >= 4 is 15.1 Å². The number of halogens is 1. The van der Waals surface area contributed by atoms with Crippen molar-refractivity contribution in [2.75, 3.05) is 13.1 Å². The molecule has 1 saturated heterocycles. The standard InChI is InChI=1S/C6H11FNOP/c1-2-8-4-3-6(7,10)5(8)9/h2-4,10H2,1H3. The number of carbonyl (C=O) groups excluding carboxylic acids is 1. The Labute approximate surface area is 62.0 Å². The van der Waals surface area contributed by atoms with Gasteiger partial charge in [-0.3, -0.25) is 4.79 Å². The van der Waals surface area contributed by atoms with E-state index in [0.29, 0.717) is 19.5 Å². The lowest BCUT2D eigenvalue weighted by atomic mass is 10.3. The van der Waals surface area contributed by atoms with Crippen LogP contribution in [0.15, 0.2) is 0 Å². The second-order valence-corrected chi connectivity index (χ2v) is 3.41. The van der Waals surface area contributed by atoms with Gasteiger partial charge in [0.15, 0.2) is 0 Å². The van der Waals surface area contributed by atoms with Gasteiger partial charge in [0.2, 0.25) is 5.41 Å². The molecule has 0 aliphatic carbocycles. The first kappa shape index (κ1) is 7.93. The minimum atomic E-state index is -1.67. The Morgan fingerprint density at radius 3 is 2.70 bits per heavy atom. The van der Waals surface area contributed by atoms with Gasteiger partial charge in [-0.25, -0.2) is 4.39 Å². The number of likely N-dealkylation sites (tertiary alicyclic amines) is 1. The van der Waals surface area contributed by atoms with Crippen molar-refractivity contribution < 1.29 is 9.18 Å². The van der Waals surface area contributed by atoms with E-state index in [1.54, 1.807) is 0 Å². The highest BCUT2D eigenvalue weighted by Crippen LogP contribution is 2.32. The molecule has 2 atom stereocenters. The fourth-order valence-corrected chi connectivity index (χ4v) is 1.38. The summed E-state index contributed by atoms with van der Waals surface area (Å²) in [6, 6.07) is 0. The minimum Gasteiger partial charge on any atom is -0.340 e. The van der Waals surface area contributed by atoms with Crippen LogP contribution in [0.5, 0.6) is 0 Å². The maximum atomic E-state index is 13.0. The number of nitrogens with zero attached hydrogens (tertiary/aromatic N) is 1. The Kier molecular flexibility index (Phi) is 1.95. The lowest BCUT2D eigenvalue weighted by molar-refractivity contribution is -0.133. The molecule has 4 heteroatoms. The van der Waals surface area contributed by atoms with Crippen molar-refractivity contribution in [1.29, 1.82) is 0 Å². The third kappa shape index (κ3) is 1.15. The van der Waals surface area contributed by atoms with E-state index in [-0.39, 0.29) is 5.91 Å². The molecular weight excluding hydrogens is 152 g/mol. The zero-order valence-corrected chi connectivity index (χ0v) is 7.09. The summed E-state index contributed by atoms with van der Waals surface area (Å²) in [6.45, 7) is 3.01. The van der Waals surface area contributed by atoms with Crippen LogP contribution in [0.3, 0.4) is 0 Å². The zero-order valence-electron chi connectivity index (χ0n) is 5.93. The minimum absolute atomic E-state index is 0.310. The van der Waals surface area contributed by atoms with Crippen LogP contribution in [0.25, 0.3) is 0 Å². The van der Waals surface area contributed by atoms with Gasteiger partial charge in [-0.05, 0) is 6.92 Å². The highest BCUT2D eigenvalue weighted by molar-refractivity contribution is 7.20. The second kappa shape index (κ2) is 2.46. The van der Waals surface area contributed by atoms with Crippen LogP contribution in [0.1, 0.15) is 13.3 Å². The fraction of sp³-hybridized carbons (Fsp3) is 0.833. The molecule has 0 aromatic rings. The Hall–Kier alpha value is -0.170. The fourth-order valence-electron chi connectivity index (χ4n) is 1.07. The van der Waals surface area contributed by atoms with E-state index in [1.807, 2.05) is 16.2 Å². The Bertz CT molecular complexity index is 160. The van der Waals surface area contributed by atoms with Crippen LogP contribution in [0.2, 0.25) is 0 Å². The number of amides is 1. The van der Waals surface area contributed by atoms with Crippen molar-refractivity contribution in [2.24, 2.45) is 0 Å². The van der Waals surface area contributed by atoms with Crippen molar-refractivity contribution in [3.63, 3.8) is 0 Å². The van der Waals surface area contributed by atoms with Gasteiger partial charge in [0.1, 0.15) is 0 Å². The normalized spacial score (nSPS) is 33.5. The molecule has 0 spiro atoms. The summed E-state index contributed by atoms with van der Waals surface area (Å²) in [5, 5.41) is -1.67. The molecule has 1 heterocycles. The van der Waals surface area contributed by atoms with Crippen LogP contribution in [0, 0.1) is 0 Å². The van der Waals surface area contributed by atoms with E-state index in [0.717, 1.165) is 0 Å². The van der Waals surface area contributed by atoms with Crippen LogP contribution >= 0.6 is 9.24 Å². The summed E-state index contributed by atoms with van der Waals surface area (Å²) in [4.78, 5) is 12.5. The van der Waals surface area contributed by atoms with Crippen molar-refractivity contribution in [2.45, 2.75) is 18.8 Å². The van der Waals surface area contributed by atoms with E-state index in [4.69, 9.17) is 0 Å². The highest BCUT2D eigenvalue weighted by atomic mass is 31.0. The molecule has 1 fully saturated rings. The van der Waals surface area contributed by atoms with Gasteiger partial charge in [0.25, 0.3) is 5.91 Å². The largest absolute Gasteiger partial charge is 0.340 e. The van der Waals surface area contributed by atoms with Gasteiger partial charge in [-0.2, -0.15) is 0 Å². The summed E-state index contributed by atoms with van der Waals surface area (Å²) in [6.07, 6.45) is 0.310. The molecule has 58 valence electrons. The molecule has 10 heavy (non-hydrogen) atoms. The molecule has 2 unspecified atom stereocenters. The molecule has 0 aromatic carbocycles. The third-order valence-corrected chi connectivity index (χ3v) is 2.31. The lowest BCUT2D eigenvalue weighted by Gasteiger charge is -2.14.